The summed E-state index contributed by atoms with van der Waals surface area (Å²) in [5, 5.41) is 7.85. The van der Waals surface area contributed by atoms with Gasteiger partial charge < -0.3 is 10.6 Å². The number of hydrogen-bond donors (Lipinski definition) is 2. The molecule has 0 saturated heterocycles. The Morgan fingerprint density at radius 2 is 1.81 bits per heavy atom. The van der Waals surface area contributed by atoms with Crippen LogP contribution in [0.1, 0.15) is 18.9 Å². The van der Waals surface area contributed by atoms with Gasteiger partial charge in [0.15, 0.2) is 5.16 Å². The van der Waals surface area contributed by atoms with Crippen LogP contribution in [-0.4, -0.2) is 34.7 Å². The van der Waals surface area contributed by atoms with E-state index < -0.39 is 0 Å². The lowest BCUT2D eigenvalue weighted by Crippen LogP contribution is -2.26. The summed E-state index contributed by atoms with van der Waals surface area (Å²) in [5.41, 5.74) is 2.18. The minimum absolute atomic E-state index is 0.00909. The number of hydrogen-bond acceptors (Lipinski definition) is 5. The minimum atomic E-state index is 0.00909. The van der Waals surface area contributed by atoms with Gasteiger partial charge in [-0.25, -0.2) is 9.97 Å². The number of fused-ring (bicyclic) bond motifs is 1. The van der Waals surface area contributed by atoms with Crippen molar-refractivity contribution in [2.45, 2.75) is 24.9 Å². The third-order valence-electron chi connectivity index (χ3n) is 4.07. The highest BCUT2D eigenvalue weighted by Crippen LogP contribution is 2.24. The van der Waals surface area contributed by atoms with Crippen molar-refractivity contribution < 1.29 is 4.79 Å². The summed E-state index contributed by atoms with van der Waals surface area (Å²) in [5.74, 6) is 1.14. The van der Waals surface area contributed by atoms with Crippen LogP contribution in [-0.2, 0) is 11.2 Å². The Labute approximate surface area is 164 Å². The molecule has 3 rings (SSSR count). The second kappa shape index (κ2) is 9.92. The van der Waals surface area contributed by atoms with Gasteiger partial charge in [0.25, 0.3) is 0 Å². The number of nitrogens with zero attached hydrogens (tertiary/aromatic N) is 2. The Morgan fingerprint density at radius 1 is 1.04 bits per heavy atom. The standard InChI is InChI=1S/C21H24N4OS/c1-2-22-20-17-12-6-7-13-18(17)24-21(25-20)27-15-19(26)23-14-8-11-16-9-4-3-5-10-16/h3-7,9-10,12-13H,2,8,11,14-15H2,1H3,(H,23,26)(H,22,24,25). The molecule has 0 spiro atoms. The van der Waals surface area contributed by atoms with Crippen LogP contribution >= 0.6 is 11.8 Å². The minimum Gasteiger partial charge on any atom is -0.370 e. The highest BCUT2D eigenvalue weighted by atomic mass is 32.2. The van der Waals surface area contributed by atoms with Crippen molar-refractivity contribution in [3.8, 4) is 0 Å². The molecule has 5 nitrogen and oxygen atoms in total. The van der Waals surface area contributed by atoms with Crippen molar-refractivity contribution in [3.05, 3.63) is 60.2 Å². The maximum absolute atomic E-state index is 12.1. The zero-order valence-corrected chi connectivity index (χ0v) is 16.3. The fraction of sp³-hybridized carbons (Fsp3) is 0.286. The van der Waals surface area contributed by atoms with E-state index in [9.17, 15) is 4.79 Å². The number of thioether (sulfide) groups is 1. The van der Waals surface area contributed by atoms with E-state index in [4.69, 9.17) is 0 Å². The van der Waals surface area contributed by atoms with Gasteiger partial charge in [0.1, 0.15) is 5.82 Å². The molecule has 2 N–H and O–H groups in total. The van der Waals surface area contributed by atoms with Gasteiger partial charge in [-0.15, -0.1) is 0 Å². The fourth-order valence-corrected chi connectivity index (χ4v) is 3.45. The molecular formula is C21H24N4OS. The average molecular weight is 381 g/mol. The monoisotopic (exact) mass is 380 g/mol. The largest absolute Gasteiger partial charge is 0.370 e. The SMILES string of the molecule is CCNc1nc(SCC(=O)NCCCc2ccccc2)nc2ccccc12. The van der Waals surface area contributed by atoms with E-state index in [1.165, 1.54) is 17.3 Å². The molecule has 1 aromatic heterocycles. The molecule has 0 aliphatic rings. The Bertz CT molecular complexity index is 886. The number of anilines is 1. The summed E-state index contributed by atoms with van der Waals surface area (Å²) in [7, 11) is 0. The molecule has 6 heteroatoms. The smallest absolute Gasteiger partial charge is 0.230 e. The molecule has 0 aliphatic heterocycles. The molecule has 0 unspecified atom stereocenters. The molecule has 0 aliphatic carbocycles. The lowest BCUT2D eigenvalue weighted by molar-refractivity contribution is -0.118. The van der Waals surface area contributed by atoms with Gasteiger partial charge in [0.2, 0.25) is 5.91 Å². The van der Waals surface area contributed by atoms with Gasteiger partial charge in [-0.1, -0.05) is 54.2 Å². The van der Waals surface area contributed by atoms with Gasteiger partial charge in [-0.2, -0.15) is 0 Å². The maximum Gasteiger partial charge on any atom is 0.230 e. The molecule has 1 amide bonds. The number of carbonyl (C=O) groups is 1. The van der Waals surface area contributed by atoms with Crippen molar-refractivity contribution in [1.29, 1.82) is 0 Å². The molecule has 0 saturated carbocycles. The molecule has 3 aromatic rings. The van der Waals surface area contributed by atoms with Crippen molar-refractivity contribution in [2.75, 3.05) is 24.2 Å². The first-order chi connectivity index (χ1) is 13.3. The van der Waals surface area contributed by atoms with E-state index >= 15 is 0 Å². The van der Waals surface area contributed by atoms with Crippen LogP contribution in [0.2, 0.25) is 0 Å². The Balaban J connectivity index is 1.49. The second-order valence-corrected chi connectivity index (χ2v) is 7.07. The number of para-hydroxylation sites is 1. The van der Waals surface area contributed by atoms with Crippen molar-refractivity contribution in [3.63, 3.8) is 0 Å². The van der Waals surface area contributed by atoms with Gasteiger partial charge in [-0.05, 0) is 37.5 Å². The third-order valence-corrected chi connectivity index (χ3v) is 4.91. The maximum atomic E-state index is 12.1. The van der Waals surface area contributed by atoms with Crippen molar-refractivity contribution in [2.24, 2.45) is 0 Å². The van der Waals surface area contributed by atoms with Crippen LogP contribution in [0.5, 0.6) is 0 Å². The van der Waals surface area contributed by atoms with Crippen LogP contribution < -0.4 is 10.6 Å². The van der Waals surface area contributed by atoms with E-state index in [1.54, 1.807) is 0 Å². The van der Waals surface area contributed by atoms with E-state index in [0.717, 1.165) is 36.1 Å². The van der Waals surface area contributed by atoms with E-state index in [0.29, 0.717) is 17.5 Å². The zero-order valence-electron chi connectivity index (χ0n) is 15.4. The number of benzene rings is 2. The quantitative estimate of drug-likeness (QED) is 0.335. The van der Waals surface area contributed by atoms with Gasteiger partial charge >= 0.3 is 0 Å². The molecule has 1 heterocycles. The summed E-state index contributed by atoms with van der Waals surface area (Å²) < 4.78 is 0. The molecule has 2 aromatic carbocycles. The summed E-state index contributed by atoms with van der Waals surface area (Å²) in [6, 6.07) is 18.2. The molecule has 0 radical (unpaired) electrons. The third kappa shape index (κ3) is 5.69. The Morgan fingerprint density at radius 3 is 2.63 bits per heavy atom. The highest BCUT2D eigenvalue weighted by Gasteiger charge is 2.09. The summed E-state index contributed by atoms with van der Waals surface area (Å²) >= 11 is 1.36. The summed E-state index contributed by atoms with van der Waals surface area (Å²) in [4.78, 5) is 21.2. The number of nitrogens with one attached hydrogen (secondary N) is 2. The number of aromatic nitrogens is 2. The Kier molecular flexibility index (Phi) is 7.04. The van der Waals surface area contributed by atoms with E-state index in [2.05, 4.69) is 32.7 Å². The first-order valence-corrected chi connectivity index (χ1v) is 10.2. The predicted octanol–water partition coefficient (Wildman–Crippen LogP) is 3.90. The predicted molar refractivity (Wildman–Crippen MR) is 112 cm³/mol. The summed E-state index contributed by atoms with van der Waals surface area (Å²) in [6.45, 7) is 3.50. The second-order valence-electron chi connectivity index (χ2n) is 6.13. The first-order valence-electron chi connectivity index (χ1n) is 9.20. The van der Waals surface area contributed by atoms with Crippen molar-refractivity contribution in [1.82, 2.24) is 15.3 Å². The molecule has 0 bridgehead atoms. The van der Waals surface area contributed by atoms with Gasteiger partial charge in [0, 0.05) is 18.5 Å². The molecular weight excluding hydrogens is 356 g/mol. The van der Waals surface area contributed by atoms with E-state index in [1.807, 2.05) is 49.4 Å². The van der Waals surface area contributed by atoms with Crippen LogP contribution in [0.25, 0.3) is 10.9 Å². The molecule has 140 valence electrons. The van der Waals surface area contributed by atoms with Gasteiger partial charge in [0.05, 0.1) is 11.3 Å². The van der Waals surface area contributed by atoms with E-state index in [-0.39, 0.29) is 5.91 Å². The van der Waals surface area contributed by atoms with Crippen LogP contribution in [0.3, 0.4) is 0 Å². The number of rotatable bonds is 9. The Hall–Kier alpha value is -2.60. The number of aryl methyl sites for hydroxylation is 1. The lowest BCUT2D eigenvalue weighted by Gasteiger charge is -2.09. The molecule has 0 atom stereocenters. The number of carbonyl (C=O) groups excluding carboxylic acids is 1. The molecule has 27 heavy (non-hydrogen) atoms. The van der Waals surface area contributed by atoms with Crippen LogP contribution in [0, 0.1) is 0 Å². The lowest BCUT2D eigenvalue weighted by atomic mass is 10.1. The topological polar surface area (TPSA) is 66.9 Å². The zero-order chi connectivity index (χ0) is 18.9. The fourth-order valence-electron chi connectivity index (χ4n) is 2.77. The first kappa shape index (κ1) is 19.2. The highest BCUT2D eigenvalue weighted by molar-refractivity contribution is 7.99. The van der Waals surface area contributed by atoms with Crippen molar-refractivity contribution >= 4 is 34.4 Å². The number of amides is 1. The van der Waals surface area contributed by atoms with Crippen LogP contribution in [0.15, 0.2) is 59.8 Å². The molecule has 0 fully saturated rings. The average Bonchev–Trinajstić information content (AvgIpc) is 2.71. The summed E-state index contributed by atoms with van der Waals surface area (Å²) in [6.07, 6.45) is 1.89. The van der Waals surface area contributed by atoms with Crippen LogP contribution in [0.4, 0.5) is 5.82 Å². The van der Waals surface area contributed by atoms with Gasteiger partial charge in [-0.3, -0.25) is 4.79 Å². The normalized spacial score (nSPS) is 10.7.